The number of hydrogen-bond acceptors (Lipinski definition) is 3. The zero-order valence-corrected chi connectivity index (χ0v) is 10.7. The summed E-state index contributed by atoms with van der Waals surface area (Å²) in [5.74, 6) is 4.97. The Hall–Kier alpha value is -1.35. The van der Waals surface area contributed by atoms with Crippen molar-refractivity contribution in [1.82, 2.24) is 0 Å². The van der Waals surface area contributed by atoms with Crippen molar-refractivity contribution in [3.05, 3.63) is 35.9 Å². The molecule has 94 valence electrons. The molecule has 1 aromatic carbocycles. The van der Waals surface area contributed by atoms with E-state index in [1.165, 1.54) is 5.56 Å². The molecule has 2 N–H and O–H groups in total. The van der Waals surface area contributed by atoms with Gasteiger partial charge in [0.2, 0.25) is 0 Å². The molecule has 1 rings (SSSR count). The highest BCUT2D eigenvalue weighted by atomic mass is 16.7. The lowest BCUT2D eigenvalue weighted by atomic mass is 9.78. The van der Waals surface area contributed by atoms with Crippen LogP contribution in [0.5, 0.6) is 0 Å². The minimum atomic E-state index is -0.341. The second-order valence-corrected chi connectivity index (χ2v) is 4.51. The summed E-state index contributed by atoms with van der Waals surface area (Å²) in [6, 6.07) is 10.3. The van der Waals surface area contributed by atoms with E-state index >= 15 is 0 Å². The van der Waals surface area contributed by atoms with Crippen LogP contribution in [0, 0.1) is 11.8 Å². The molecule has 0 spiro atoms. The van der Waals surface area contributed by atoms with Crippen LogP contribution in [0.4, 0.5) is 0 Å². The molecule has 3 nitrogen and oxygen atoms in total. The first-order chi connectivity index (χ1) is 8.11. The van der Waals surface area contributed by atoms with Gasteiger partial charge in [0.25, 0.3) is 0 Å². The first-order valence-corrected chi connectivity index (χ1v) is 6.07. The van der Waals surface area contributed by atoms with Gasteiger partial charge in [-0.1, -0.05) is 51.1 Å². The fourth-order valence-electron chi connectivity index (χ4n) is 2.28. The summed E-state index contributed by atoms with van der Waals surface area (Å²) >= 11 is 0. The number of carbonyl (C=O) groups is 1. The smallest absolute Gasteiger partial charge is 0.327 e. The lowest BCUT2D eigenvalue weighted by Gasteiger charge is -2.26. The standard InChI is InChI=1S/C14H21NO2/c1-4-13(12-8-6-5-7-9-12)10(2)11(3)14(16)17-15/h5-11,13H,4,15H2,1-3H3. The van der Waals surface area contributed by atoms with Crippen molar-refractivity contribution in [1.29, 1.82) is 0 Å². The Bertz CT molecular complexity index is 350. The van der Waals surface area contributed by atoms with Crippen LogP contribution in [0.2, 0.25) is 0 Å². The number of carbonyl (C=O) groups excluding carboxylic acids is 1. The van der Waals surface area contributed by atoms with E-state index in [4.69, 9.17) is 5.90 Å². The largest absolute Gasteiger partial charge is 0.373 e. The summed E-state index contributed by atoms with van der Waals surface area (Å²) in [6.45, 7) is 6.07. The normalized spacial score (nSPS) is 16.0. The minimum absolute atomic E-state index is 0.190. The molecule has 0 amide bonds. The molecule has 0 saturated carbocycles. The molecule has 0 radical (unpaired) electrons. The minimum Gasteiger partial charge on any atom is -0.373 e. The van der Waals surface area contributed by atoms with Gasteiger partial charge in [-0.15, -0.1) is 0 Å². The predicted molar refractivity (Wildman–Crippen MR) is 68.1 cm³/mol. The maximum absolute atomic E-state index is 11.5. The summed E-state index contributed by atoms with van der Waals surface area (Å²) in [4.78, 5) is 15.8. The molecular weight excluding hydrogens is 214 g/mol. The van der Waals surface area contributed by atoms with Crippen LogP contribution in [0.25, 0.3) is 0 Å². The SMILES string of the molecule is CCC(c1ccccc1)C(C)C(C)C(=O)ON. The zero-order valence-electron chi connectivity index (χ0n) is 10.7. The number of rotatable bonds is 5. The highest BCUT2D eigenvalue weighted by Crippen LogP contribution is 2.32. The molecule has 0 fully saturated rings. The quantitative estimate of drug-likeness (QED) is 0.798. The second-order valence-electron chi connectivity index (χ2n) is 4.51. The molecule has 17 heavy (non-hydrogen) atoms. The van der Waals surface area contributed by atoms with Gasteiger partial charge in [-0.25, -0.2) is 0 Å². The van der Waals surface area contributed by atoms with Gasteiger partial charge in [-0.3, -0.25) is 4.79 Å². The Morgan fingerprint density at radius 2 is 1.88 bits per heavy atom. The Morgan fingerprint density at radius 1 is 1.29 bits per heavy atom. The van der Waals surface area contributed by atoms with E-state index in [-0.39, 0.29) is 17.8 Å². The highest BCUT2D eigenvalue weighted by molar-refractivity contribution is 5.72. The van der Waals surface area contributed by atoms with E-state index in [9.17, 15) is 4.79 Å². The maximum atomic E-state index is 11.5. The molecular formula is C14H21NO2. The summed E-state index contributed by atoms with van der Waals surface area (Å²) < 4.78 is 0. The highest BCUT2D eigenvalue weighted by Gasteiger charge is 2.28. The Morgan fingerprint density at radius 3 is 2.35 bits per heavy atom. The fraction of sp³-hybridized carbons (Fsp3) is 0.500. The van der Waals surface area contributed by atoms with Gasteiger partial charge in [0, 0.05) is 0 Å². The molecule has 0 aliphatic heterocycles. The Balaban J connectivity index is 2.84. The average Bonchev–Trinajstić information content (AvgIpc) is 2.38. The van der Waals surface area contributed by atoms with Crippen LogP contribution in [-0.2, 0) is 9.63 Å². The molecule has 0 bridgehead atoms. The van der Waals surface area contributed by atoms with Crippen LogP contribution in [0.1, 0.15) is 38.7 Å². The Kier molecular flexibility index (Phi) is 5.16. The fourth-order valence-corrected chi connectivity index (χ4v) is 2.28. The molecule has 0 aliphatic rings. The summed E-state index contributed by atoms with van der Waals surface area (Å²) in [5, 5.41) is 0. The van der Waals surface area contributed by atoms with E-state index in [0.717, 1.165) is 6.42 Å². The third-order valence-electron chi connectivity index (χ3n) is 3.58. The van der Waals surface area contributed by atoms with Crippen LogP contribution in [0.15, 0.2) is 30.3 Å². The van der Waals surface area contributed by atoms with Gasteiger partial charge >= 0.3 is 5.97 Å². The van der Waals surface area contributed by atoms with Gasteiger partial charge in [-0.2, -0.15) is 5.90 Å². The van der Waals surface area contributed by atoms with Crippen LogP contribution in [0.3, 0.4) is 0 Å². The van der Waals surface area contributed by atoms with E-state index in [2.05, 4.69) is 30.8 Å². The van der Waals surface area contributed by atoms with Crippen LogP contribution >= 0.6 is 0 Å². The van der Waals surface area contributed by atoms with Crippen molar-refractivity contribution in [3.8, 4) is 0 Å². The molecule has 3 unspecified atom stereocenters. The van der Waals surface area contributed by atoms with Gasteiger partial charge < -0.3 is 4.84 Å². The van der Waals surface area contributed by atoms with Gasteiger partial charge in [-0.05, 0) is 23.8 Å². The monoisotopic (exact) mass is 235 g/mol. The van der Waals surface area contributed by atoms with E-state index in [1.807, 2.05) is 25.1 Å². The van der Waals surface area contributed by atoms with E-state index in [0.29, 0.717) is 5.92 Å². The summed E-state index contributed by atoms with van der Waals surface area (Å²) in [6.07, 6.45) is 0.993. The van der Waals surface area contributed by atoms with Crippen molar-refractivity contribution < 1.29 is 9.63 Å². The number of benzene rings is 1. The van der Waals surface area contributed by atoms with Crippen LogP contribution < -0.4 is 5.90 Å². The lowest BCUT2D eigenvalue weighted by molar-refractivity contribution is -0.150. The third kappa shape index (κ3) is 3.30. The molecule has 3 heteroatoms. The van der Waals surface area contributed by atoms with Crippen molar-refractivity contribution in [2.24, 2.45) is 17.7 Å². The number of hydrogen-bond donors (Lipinski definition) is 1. The first kappa shape index (κ1) is 13.7. The topological polar surface area (TPSA) is 52.3 Å². The van der Waals surface area contributed by atoms with Crippen molar-refractivity contribution in [2.45, 2.75) is 33.1 Å². The van der Waals surface area contributed by atoms with Gasteiger partial charge in [0.15, 0.2) is 0 Å². The number of nitrogens with two attached hydrogens (primary N) is 1. The molecule has 3 atom stereocenters. The van der Waals surface area contributed by atoms with Gasteiger partial charge in [0.05, 0.1) is 5.92 Å². The van der Waals surface area contributed by atoms with Crippen molar-refractivity contribution in [2.75, 3.05) is 0 Å². The molecule has 1 aromatic rings. The van der Waals surface area contributed by atoms with E-state index < -0.39 is 0 Å². The first-order valence-electron chi connectivity index (χ1n) is 6.07. The predicted octanol–water partition coefficient (Wildman–Crippen LogP) is 2.87. The van der Waals surface area contributed by atoms with Gasteiger partial charge in [0.1, 0.15) is 0 Å². The zero-order chi connectivity index (χ0) is 12.8. The molecule has 0 aliphatic carbocycles. The van der Waals surface area contributed by atoms with Crippen LogP contribution in [-0.4, -0.2) is 5.97 Å². The summed E-state index contributed by atoms with van der Waals surface area (Å²) in [7, 11) is 0. The average molecular weight is 235 g/mol. The maximum Gasteiger partial charge on any atom is 0.327 e. The Labute approximate surface area is 103 Å². The van der Waals surface area contributed by atoms with E-state index in [1.54, 1.807) is 0 Å². The lowest BCUT2D eigenvalue weighted by Crippen LogP contribution is -2.27. The van der Waals surface area contributed by atoms with Crippen molar-refractivity contribution in [3.63, 3.8) is 0 Å². The molecule has 0 heterocycles. The third-order valence-corrected chi connectivity index (χ3v) is 3.58. The van der Waals surface area contributed by atoms with Crippen molar-refractivity contribution >= 4 is 5.97 Å². The molecule has 0 aromatic heterocycles. The summed E-state index contributed by atoms with van der Waals surface area (Å²) in [5.41, 5.74) is 1.26. The second kappa shape index (κ2) is 6.40. The molecule has 0 saturated heterocycles.